The third-order valence-electron chi connectivity index (χ3n) is 3.92. The Hall–Kier alpha value is 0. The molecule has 1 unspecified atom stereocenters. The van der Waals surface area contributed by atoms with Gasteiger partial charge in [-0.05, 0) is 17.8 Å². The predicted molar refractivity (Wildman–Crippen MR) is 66.6 cm³/mol. The van der Waals surface area contributed by atoms with Crippen molar-refractivity contribution in [2.75, 3.05) is 0 Å². The molecule has 14 heavy (non-hydrogen) atoms. The number of rotatable bonds is 8. The summed E-state index contributed by atoms with van der Waals surface area (Å²) in [5, 5.41) is 0. The summed E-state index contributed by atoms with van der Waals surface area (Å²) in [7, 11) is 0. The normalized spacial score (nSPS) is 14.4. The van der Waals surface area contributed by atoms with Gasteiger partial charge in [0.25, 0.3) is 0 Å². The molecule has 0 aromatic carbocycles. The van der Waals surface area contributed by atoms with Crippen molar-refractivity contribution in [1.29, 1.82) is 0 Å². The highest BCUT2D eigenvalue weighted by Crippen LogP contribution is 2.36. The van der Waals surface area contributed by atoms with Crippen LogP contribution in [0.3, 0.4) is 0 Å². The van der Waals surface area contributed by atoms with Gasteiger partial charge >= 0.3 is 0 Å². The molecule has 0 fully saturated rings. The van der Waals surface area contributed by atoms with E-state index in [-0.39, 0.29) is 0 Å². The van der Waals surface area contributed by atoms with Gasteiger partial charge in [0.15, 0.2) is 0 Å². The molecule has 0 heterocycles. The Morgan fingerprint density at radius 3 is 2.00 bits per heavy atom. The van der Waals surface area contributed by atoms with E-state index in [0.717, 1.165) is 5.92 Å². The highest BCUT2D eigenvalue weighted by molar-refractivity contribution is 4.76. The maximum absolute atomic E-state index is 2.43. The molecule has 0 amide bonds. The van der Waals surface area contributed by atoms with Crippen molar-refractivity contribution in [3.63, 3.8) is 0 Å². The largest absolute Gasteiger partial charge is 0.0654 e. The quantitative estimate of drug-likeness (QED) is 0.457. The van der Waals surface area contributed by atoms with Gasteiger partial charge in [0.1, 0.15) is 0 Å². The lowest BCUT2D eigenvalue weighted by molar-refractivity contribution is 0.180. The van der Waals surface area contributed by atoms with Crippen LogP contribution in [0.15, 0.2) is 0 Å². The Bertz CT molecular complexity index is 124. The highest BCUT2D eigenvalue weighted by atomic mass is 14.3. The van der Waals surface area contributed by atoms with Crippen molar-refractivity contribution < 1.29 is 0 Å². The number of hydrogen-bond acceptors (Lipinski definition) is 0. The summed E-state index contributed by atoms with van der Waals surface area (Å²) >= 11 is 0. The molecule has 0 saturated carbocycles. The van der Waals surface area contributed by atoms with Gasteiger partial charge in [0.05, 0.1) is 0 Å². The second-order valence-electron chi connectivity index (χ2n) is 5.30. The van der Waals surface area contributed by atoms with Crippen LogP contribution in [0.5, 0.6) is 0 Å². The van der Waals surface area contributed by atoms with Crippen molar-refractivity contribution in [3.05, 3.63) is 0 Å². The van der Waals surface area contributed by atoms with Crippen LogP contribution in [0.4, 0.5) is 0 Å². The third kappa shape index (κ3) is 5.02. The second kappa shape index (κ2) is 7.31. The fourth-order valence-electron chi connectivity index (χ4n) is 2.25. The predicted octanol–water partition coefficient (Wildman–Crippen LogP) is 5.42. The number of unbranched alkanes of at least 4 members (excludes halogenated alkanes) is 3. The average Bonchev–Trinajstić information content (AvgIpc) is 2.17. The highest BCUT2D eigenvalue weighted by Gasteiger charge is 2.25. The Morgan fingerprint density at radius 2 is 1.57 bits per heavy atom. The van der Waals surface area contributed by atoms with Gasteiger partial charge in [-0.25, -0.2) is 0 Å². The van der Waals surface area contributed by atoms with E-state index in [4.69, 9.17) is 0 Å². The van der Waals surface area contributed by atoms with Crippen LogP contribution in [0, 0.1) is 11.3 Å². The Morgan fingerprint density at radius 1 is 0.929 bits per heavy atom. The van der Waals surface area contributed by atoms with E-state index in [1.807, 2.05) is 0 Å². The first-order chi connectivity index (χ1) is 6.58. The van der Waals surface area contributed by atoms with Crippen LogP contribution in [0.1, 0.15) is 79.6 Å². The zero-order valence-corrected chi connectivity index (χ0v) is 11.0. The standard InChI is InChI=1S/C14H30/c1-6-9-10-11-12-13(7-2)14(4,5)8-3/h13H,6-12H2,1-5H3. The zero-order valence-electron chi connectivity index (χ0n) is 11.0. The maximum atomic E-state index is 2.43. The van der Waals surface area contributed by atoms with Crippen molar-refractivity contribution in [3.8, 4) is 0 Å². The molecule has 0 bridgehead atoms. The van der Waals surface area contributed by atoms with Crippen LogP contribution in [-0.2, 0) is 0 Å². The first-order valence-corrected chi connectivity index (χ1v) is 6.58. The maximum Gasteiger partial charge on any atom is -0.0329 e. The van der Waals surface area contributed by atoms with Crippen molar-refractivity contribution in [2.24, 2.45) is 11.3 Å². The smallest absolute Gasteiger partial charge is 0.0329 e. The van der Waals surface area contributed by atoms with Gasteiger partial charge in [-0.15, -0.1) is 0 Å². The average molecular weight is 198 g/mol. The minimum atomic E-state index is 0.557. The topological polar surface area (TPSA) is 0 Å². The molecule has 0 spiro atoms. The van der Waals surface area contributed by atoms with Gasteiger partial charge < -0.3 is 0 Å². The number of hydrogen-bond donors (Lipinski definition) is 0. The van der Waals surface area contributed by atoms with Crippen LogP contribution in [0.25, 0.3) is 0 Å². The minimum absolute atomic E-state index is 0.557. The van der Waals surface area contributed by atoms with Crippen LogP contribution < -0.4 is 0 Å². The monoisotopic (exact) mass is 198 g/mol. The molecule has 0 radical (unpaired) electrons. The summed E-state index contributed by atoms with van der Waals surface area (Å²) in [6, 6.07) is 0. The lowest BCUT2D eigenvalue weighted by Gasteiger charge is -2.33. The molecule has 0 aliphatic rings. The molecule has 0 aromatic heterocycles. The van der Waals surface area contributed by atoms with Crippen molar-refractivity contribution in [2.45, 2.75) is 79.6 Å². The van der Waals surface area contributed by atoms with E-state index in [1.165, 1.54) is 44.9 Å². The van der Waals surface area contributed by atoms with Crippen LogP contribution >= 0.6 is 0 Å². The summed E-state index contributed by atoms with van der Waals surface area (Å²) in [6.07, 6.45) is 9.77. The molecular formula is C14H30. The Balaban J connectivity index is 3.79. The van der Waals surface area contributed by atoms with Gasteiger partial charge in [-0.2, -0.15) is 0 Å². The molecule has 0 aliphatic carbocycles. The molecule has 86 valence electrons. The molecule has 0 rings (SSSR count). The fraction of sp³-hybridized carbons (Fsp3) is 1.00. The van der Waals surface area contributed by atoms with E-state index in [2.05, 4.69) is 34.6 Å². The molecular weight excluding hydrogens is 168 g/mol. The lowest BCUT2D eigenvalue weighted by Crippen LogP contribution is -2.22. The molecule has 0 nitrogen and oxygen atoms in total. The van der Waals surface area contributed by atoms with Gasteiger partial charge in [0.2, 0.25) is 0 Å². The van der Waals surface area contributed by atoms with Gasteiger partial charge in [-0.1, -0.05) is 73.1 Å². The first-order valence-electron chi connectivity index (χ1n) is 6.58. The summed E-state index contributed by atoms with van der Waals surface area (Å²) in [5.41, 5.74) is 0.557. The van der Waals surface area contributed by atoms with Crippen LogP contribution in [0.2, 0.25) is 0 Å². The summed E-state index contributed by atoms with van der Waals surface area (Å²) in [4.78, 5) is 0. The molecule has 0 saturated heterocycles. The van der Waals surface area contributed by atoms with Crippen molar-refractivity contribution >= 4 is 0 Å². The molecule has 0 aromatic rings. The van der Waals surface area contributed by atoms with Crippen LogP contribution in [-0.4, -0.2) is 0 Å². The summed E-state index contributed by atoms with van der Waals surface area (Å²) < 4.78 is 0. The van der Waals surface area contributed by atoms with Crippen molar-refractivity contribution in [1.82, 2.24) is 0 Å². The molecule has 0 N–H and O–H groups in total. The lowest BCUT2D eigenvalue weighted by atomic mass is 9.73. The van der Waals surface area contributed by atoms with E-state index >= 15 is 0 Å². The molecule has 1 atom stereocenters. The van der Waals surface area contributed by atoms with E-state index in [9.17, 15) is 0 Å². The second-order valence-corrected chi connectivity index (χ2v) is 5.30. The summed E-state index contributed by atoms with van der Waals surface area (Å²) in [6.45, 7) is 11.8. The third-order valence-corrected chi connectivity index (χ3v) is 3.92. The summed E-state index contributed by atoms with van der Waals surface area (Å²) in [5.74, 6) is 0.935. The molecule has 0 heteroatoms. The Kier molecular flexibility index (Phi) is 7.31. The molecule has 0 aliphatic heterocycles. The first kappa shape index (κ1) is 14.0. The van der Waals surface area contributed by atoms with Gasteiger partial charge in [0, 0.05) is 0 Å². The SMILES string of the molecule is CCCCCCC(CC)C(C)(C)CC. The fourth-order valence-corrected chi connectivity index (χ4v) is 2.25. The zero-order chi connectivity index (χ0) is 11.0. The van der Waals surface area contributed by atoms with E-state index in [1.54, 1.807) is 0 Å². The van der Waals surface area contributed by atoms with Gasteiger partial charge in [-0.3, -0.25) is 0 Å². The Labute approximate surface area is 91.5 Å². The van der Waals surface area contributed by atoms with E-state index in [0.29, 0.717) is 5.41 Å². The minimum Gasteiger partial charge on any atom is -0.0654 e. The van der Waals surface area contributed by atoms with E-state index < -0.39 is 0 Å².